The lowest BCUT2D eigenvalue weighted by Crippen LogP contribution is -2.04. The van der Waals surface area contributed by atoms with Crippen LogP contribution >= 0.6 is 0 Å². The van der Waals surface area contributed by atoms with E-state index >= 15 is 0 Å². The standard InChI is InChI=1S/C15H16O3/c1-18-15-10-12(7-8-14(15)17)6-5-11-3-2-4-13(16)9-11/h2-9,12,16-17H,10H2,1H3. The molecule has 0 saturated heterocycles. The predicted octanol–water partition coefficient (Wildman–Crippen LogP) is 3.40. The second kappa shape index (κ2) is 5.45. The van der Waals surface area contributed by atoms with Crippen molar-refractivity contribution in [3.8, 4) is 5.75 Å². The summed E-state index contributed by atoms with van der Waals surface area (Å²) in [6.07, 6.45) is 8.20. The Hall–Kier alpha value is -2.16. The second-order valence-electron chi connectivity index (χ2n) is 4.19. The molecule has 0 spiro atoms. The maximum atomic E-state index is 9.52. The Labute approximate surface area is 106 Å². The van der Waals surface area contributed by atoms with Crippen LogP contribution in [0.1, 0.15) is 12.0 Å². The van der Waals surface area contributed by atoms with Crippen LogP contribution in [0.5, 0.6) is 5.75 Å². The zero-order valence-corrected chi connectivity index (χ0v) is 10.2. The molecule has 0 fully saturated rings. The lowest BCUT2D eigenvalue weighted by molar-refractivity contribution is 0.238. The van der Waals surface area contributed by atoms with E-state index in [1.54, 1.807) is 31.4 Å². The molecule has 2 N–H and O–H groups in total. The number of aliphatic hydroxyl groups is 1. The van der Waals surface area contributed by atoms with Crippen LogP contribution in [-0.2, 0) is 4.74 Å². The molecule has 3 heteroatoms. The van der Waals surface area contributed by atoms with Crippen LogP contribution in [-0.4, -0.2) is 17.3 Å². The van der Waals surface area contributed by atoms with Gasteiger partial charge in [0.1, 0.15) is 11.5 Å². The topological polar surface area (TPSA) is 49.7 Å². The molecule has 94 valence electrons. The van der Waals surface area contributed by atoms with Crippen LogP contribution in [0.15, 0.2) is 54.0 Å². The number of methoxy groups -OCH3 is 1. The Morgan fingerprint density at radius 2 is 2.17 bits per heavy atom. The van der Waals surface area contributed by atoms with Crippen molar-refractivity contribution in [2.45, 2.75) is 6.42 Å². The summed E-state index contributed by atoms with van der Waals surface area (Å²) in [7, 11) is 1.56. The molecule has 1 aliphatic carbocycles. The van der Waals surface area contributed by atoms with Crippen molar-refractivity contribution in [1.82, 2.24) is 0 Å². The smallest absolute Gasteiger partial charge is 0.152 e. The third-order valence-electron chi connectivity index (χ3n) is 2.86. The van der Waals surface area contributed by atoms with Crippen molar-refractivity contribution in [2.24, 2.45) is 5.92 Å². The number of aromatic hydroxyl groups is 1. The molecule has 0 radical (unpaired) electrons. The van der Waals surface area contributed by atoms with Crippen LogP contribution in [0, 0.1) is 5.92 Å². The molecule has 1 aromatic rings. The molecule has 3 nitrogen and oxygen atoms in total. The molecule has 0 bridgehead atoms. The molecule has 18 heavy (non-hydrogen) atoms. The highest BCUT2D eigenvalue weighted by molar-refractivity contribution is 5.52. The van der Waals surface area contributed by atoms with Crippen molar-refractivity contribution in [1.29, 1.82) is 0 Å². The summed E-state index contributed by atoms with van der Waals surface area (Å²) in [6, 6.07) is 7.07. The van der Waals surface area contributed by atoms with Gasteiger partial charge in [-0.2, -0.15) is 0 Å². The summed E-state index contributed by atoms with van der Waals surface area (Å²) in [5.74, 6) is 1.24. The van der Waals surface area contributed by atoms with E-state index in [4.69, 9.17) is 4.74 Å². The van der Waals surface area contributed by atoms with Crippen LogP contribution in [0.3, 0.4) is 0 Å². The average Bonchev–Trinajstić information content (AvgIpc) is 2.38. The molecular weight excluding hydrogens is 228 g/mol. The molecule has 0 aliphatic heterocycles. The number of aliphatic hydroxyl groups excluding tert-OH is 1. The molecule has 2 rings (SSSR count). The first-order valence-corrected chi connectivity index (χ1v) is 5.80. The zero-order valence-electron chi connectivity index (χ0n) is 10.2. The molecule has 0 saturated carbocycles. The van der Waals surface area contributed by atoms with Gasteiger partial charge in [-0.15, -0.1) is 0 Å². The minimum Gasteiger partial charge on any atom is -0.508 e. The van der Waals surface area contributed by atoms with Crippen molar-refractivity contribution in [3.05, 3.63) is 59.6 Å². The third kappa shape index (κ3) is 2.94. The first-order chi connectivity index (χ1) is 8.69. The van der Waals surface area contributed by atoms with E-state index in [0.717, 1.165) is 5.56 Å². The van der Waals surface area contributed by atoms with Crippen LogP contribution < -0.4 is 0 Å². The molecule has 0 heterocycles. The third-order valence-corrected chi connectivity index (χ3v) is 2.86. The largest absolute Gasteiger partial charge is 0.508 e. The Balaban J connectivity index is 2.06. The Bertz CT molecular complexity index is 512. The number of hydrogen-bond acceptors (Lipinski definition) is 3. The fourth-order valence-electron chi connectivity index (χ4n) is 1.88. The maximum Gasteiger partial charge on any atom is 0.152 e. The SMILES string of the molecule is COC1=C(O)C=CC(C=Cc2cccc(O)c2)C1. The van der Waals surface area contributed by atoms with Gasteiger partial charge < -0.3 is 14.9 Å². The highest BCUT2D eigenvalue weighted by Gasteiger charge is 2.14. The summed E-state index contributed by atoms with van der Waals surface area (Å²) in [4.78, 5) is 0. The van der Waals surface area contributed by atoms with Crippen LogP contribution in [0.4, 0.5) is 0 Å². The van der Waals surface area contributed by atoms with E-state index in [1.165, 1.54) is 0 Å². The van der Waals surface area contributed by atoms with E-state index in [1.807, 2.05) is 24.3 Å². The van der Waals surface area contributed by atoms with Gasteiger partial charge in [0, 0.05) is 12.3 Å². The number of hydrogen-bond donors (Lipinski definition) is 2. The van der Waals surface area contributed by atoms with Crippen molar-refractivity contribution in [3.63, 3.8) is 0 Å². The number of allylic oxidation sites excluding steroid dienone is 4. The first kappa shape index (κ1) is 12.3. The average molecular weight is 244 g/mol. The lowest BCUT2D eigenvalue weighted by Gasteiger charge is -2.16. The number of benzene rings is 1. The summed E-state index contributed by atoms with van der Waals surface area (Å²) >= 11 is 0. The van der Waals surface area contributed by atoms with E-state index < -0.39 is 0 Å². The highest BCUT2D eigenvalue weighted by atomic mass is 16.5. The van der Waals surface area contributed by atoms with Gasteiger partial charge in [0.25, 0.3) is 0 Å². The number of phenolic OH excluding ortho intramolecular Hbond substituents is 1. The van der Waals surface area contributed by atoms with E-state index in [2.05, 4.69) is 0 Å². The summed E-state index contributed by atoms with van der Waals surface area (Å²) in [5, 5.41) is 18.9. The minimum atomic E-state index is 0.193. The van der Waals surface area contributed by atoms with Crippen LogP contribution in [0.2, 0.25) is 0 Å². The summed E-state index contributed by atoms with van der Waals surface area (Å²) in [6.45, 7) is 0. The molecule has 1 aliphatic rings. The van der Waals surface area contributed by atoms with Gasteiger partial charge in [-0.05, 0) is 23.8 Å². The number of ether oxygens (including phenoxy) is 1. The van der Waals surface area contributed by atoms with Gasteiger partial charge in [0.15, 0.2) is 5.76 Å². The predicted molar refractivity (Wildman–Crippen MR) is 71.1 cm³/mol. The number of rotatable bonds is 3. The zero-order chi connectivity index (χ0) is 13.0. The van der Waals surface area contributed by atoms with Crippen molar-refractivity contribution < 1.29 is 14.9 Å². The van der Waals surface area contributed by atoms with Crippen LogP contribution in [0.25, 0.3) is 6.08 Å². The molecule has 0 aromatic heterocycles. The van der Waals surface area contributed by atoms with Gasteiger partial charge in [-0.3, -0.25) is 0 Å². The van der Waals surface area contributed by atoms with Gasteiger partial charge in [0.2, 0.25) is 0 Å². The van der Waals surface area contributed by atoms with Gasteiger partial charge in [-0.1, -0.05) is 30.4 Å². The maximum absolute atomic E-state index is 9.52. The van der Waals surface area contributed by atoms with Crippen molar-refractivity contribution in [2.75, 3.05) is 7.11 Å². The Kier molecular flexibility index (Phi) is 3.72. The fourth-order valence-corrected chi connectivity index (χ4v) is 1.88. The minimum absolute atomic E-state index is 0.193. The lowest BCUT2D eigenvalue weighted by atomic mass is 9.97. The van der Waals surface area contributed by atoms with Gasteiger partial charge in [-0.25, -0.2) is 0 Å². The highest BCUT2D eigenvalue weighted by Crippen LogP contribution is 2.24. The van der Waals surface area contributed by atoms with Gasteiger partial charge in [0.05, 0.1) is 7.11 Å². The molecular formula is C15H16O3. The molecule has 1 atom stereocenters. The molecule has 1 unspecified atom stereocenters. The molecule has 0 amide bonds. The van der Waals surface area contributed by atoms with E-state index in [9.17, 15) is 10.2 Å². The van der Waals surface area contributed by atoms with Crippen molar-refractivity contribution >= 4 is 6.08 Å². The summed E-state index contributed by atoms with van der Waals surface area (Å²) in [5.41, 5.74) is 0.946. The normalized spacial score (nSPS) is 19.5. The molecule has 1 aromatic carbocycles. The van der Waals surface area contributed by atoms with E-state index in [-0.39, 0.29) is 17.4 Å². The first-order valence-electron chi connectivity index (χ1n) is 5.80. The quantitative estimate of drug-likeness (QED) is 0.856. The Morgan fingerprint density at radius 3 is 2.89 bits per heavy atom. The van der Waals surface area contributed by atoms with E-state index in [0.29, 0.717) is 12.2 Å². The Morgan fingerprint density at radius 1 is 1.33 bits per heavy atom. The fraction of sp³-hybridized carbons (Fsp3) is 0.200. The second-order valence-corrected chi connectivity index (χ2v) is 4.19. The number of phenols is 1. The summed E-state index contributed by atoms with van der Waals surface area (Å²) < 4.78 is 5.11. The monoisotopic (exact) mass is 244 g/mol. The van der Waals surface area contributed by atoms with Gasteiger partial charge >= 0.3 is 0 Å².